The summed E-state index contributed by atoms with van der Waals surface area (Å²) >= 11 is 0. The van der Waals surface area contributed by atoms with Crippen molar-refractivity contribution in [3.8, 4) is 0 Å². The summed E-state index contributed by atoms with van der Waals surface area (Å²) in [6.07, 6.45) is 4.73. The van der Waals surface area contributed by atoms with Crippen molar-refractivity contribution >= 4 is 11.9 Å². The fraction of sp³-hybridized carbons (Fsp3) is 0.857. The van der Waals surface area contributed by atoms with Gasteiger partial charge in [-0.05, 0) is 45.4 Å². The number of hydrogen-bond acceptors (Lipinski definition) is 3. The molecule has 0 spiro atoms. The second kappa shape index (κ2) is 5.49. The predicted molar refractivity (Wildman–Crippen MR) is 71.5 cm³/mol. The van der Waals surface area contributed by atoms with Crippen LogP contribution in [0.2, 0.25) is 0 Å². The average Bonchev–Trinajstić information content (AvgIpc) is 2.39. The number of carboxylic acids is 1. The van der Waals surface area contributed by atoms with E-state index in [0.717, 1.165) is 25.7 Å². The zero-order chi connectivity index (χ0) is 14.0. The topological polar surface area (TPSA) is 83.6 Å². The minimum atomic E-state index is -0.747. The zero-order valence-electron chi connectivity index (χ0n) is 11.6. The number of carboxylic acid groups (broad SMARTS) is 1. The normalized spacial score (nSPS) is 30.9. The highest BCUT2D eigenvalue weighted by Crippen LogP contribution is 2.33. The third kappa shape index (κ3) is 3.08. The van der Waals surface area contributed by atoms with Crippen LogP contribution in [0, 0.1) is 11.3 Å². The molecule has 19 heavy (non-hydrogen) atoms. The molecule has 2 fully saturated rings. The van der Waals surface area contributed by atoms with E-state index in [1.165, 1.54) is 0 Å². The van der Waals surface area contributed by atoms with Crippen LogP contribution in [-0.4, -0.2) is 41.0 Å². The summed E-state index contributed by atoms with van der Waals surface area (Å²) in [6.45, 7) is 2.92. The van der Waals surface area contributed by atoms with E-state index in [1.54, 1.807) is 6.92 Å². The van der Waals surface area contributed by atoms with Crippen molar-refractivity contribution in [1.82, 2.24) is 4.90 Å². The number of carbonyl (C=O) groups is 2. The molecule has 0 aromatic heterocycles. The Kier molecular flexibility index (Phi) is 4.13. The van der Waals surface area contributed by atoms with Gasteiger partial charge in [0.2, 0.25) is 5.91 Å². The van der Waals surface area contributed by atoms with Crippen molar-refractivity contribution in [1.29, 1.82) is 0 Å². The van der Waals surface area contributed by atoms with Crippen LogP contribution >= 0.6 is 0 Å². The molecule has 0 unspecified atom stereocenters. The van der Waals surface area contributed by atoms with Gasteiger partial charge in [-0.2, -0.15) is 0 Å². The van der Waals surface area contributed by atoms with Crippen LogP contribution in [0.3, 0.4) is 0 Å². The van der Waals surface area contributed by atoms with Gasteiger partial charge in [0, 0.05) is 25.0 Å². The van der Waals surface area contributed by atoms with Gasteiger partial charge in [0.1, 0.15) is 0 Å². The zero-order valence-corrected chi connectivity index (χ0v) is 11.6. The molecule has 1 amide bonds. The highest BCUT2D eigenvalue weighted by atomic mass is 16.4. The van der Waals surface area contributed by atoms with Gasteiger partial charge in [0.15, 0.2) is 0 Å². The van der Waals surface area contributed by atoms with Gasteiger partial charge in [0.05, 0.1) is 5.41 Å². The molecule has 0 radical (unpaired) electrons. The second-order valence-electron chi connectivity index (χ2n) is 6.30. The van der Waals surface area contributed by atoms with Gasteiger partial charge >= 0.3 is 5.97 Å². The first-order valence-corrected chi connectivity index (χ1v) is 7.20. The van der Waals surface area contributed by atoms with Gasteiger partial charge in [-0.25, -0.2) is 0 Å². The fourth-order valence-corrected chi connectivity index (χ4v) is 3.06. The van der Waals surface area contributed by atoms with E-state index in [-0.39, 0.29) is 17.9 Å². The Hall–Kier alpha value is -1.10. The number of rotatable bonds is 2. The molecule has 0 atom stereocenters. The maximum absolute atomic E-state index is 12.4. The van der Waals surface area contributed by atoms with Crippen molar-refractivity contribution in [3.05, 3.63) is 0 Å². The smallest absolute Gasteiger partial charge is 0.309 e. The van der Waals surface area contributed by atoms with Crippen LogP contribution in [0.4, 0.5) is 0 Å². The van der Waals surface area contributed by atoms with Crippen molar-refractivity contribution in [2.45, 2.75) is 51.5 Å². The third-order valence-corrected chi connectivity index (χ3v) is 4.82. The van der Waals surface area contributed by atoms with E-state index >= 15 is 0 Å². The average molecular weight is 268 g/mol. The van der Waals surface area contributed by atoms with Gasteiger partial charge in [-0.1, -0.05) is 0 Å². The van der Waals surface area contributed by atoms with E-state index in [1.807, 2.05) is 4.90 Å². The molecule has 1 aliphatic heterocycles. The number of amides is 1. The van der Waals surface area contributed by atoms with E-state index in [0.29, 0.717) is 25.9 Å². The second-order valence-corrected chi connectivity index (χ2v) is 6.30. The summed E-state index contributed by atoms with van der Waals surface area (Å²) in [6, 6.07) is 0.251. The third-order valence-electron chi connectivity index (χ3n) is 4.82. The summed E-state index contributed by atoms with van der Waals surface area (Å²) < 4.78 is 0. The molecule has 3 N–H and O–H groups in total. The molecule has 5 nitrogen and oxygen atoms in total. The Labute approximate surface area is 114 Å². The molecule has 0 bridgehead atoms. The Morgan fingerprint density at radius 1 is 1.16 bits per heavy atom. The molecule has 1 heterocycles. The fourth-order valence-electron chi connectivity index (χ4n) is 3.06. The van der Waals surface area contributed by atoms with E-state index in [9.17, 15) is 14.7 Å². The number of aliphatic carboxylic acids is 1. The van der Waals surface area contributed by atoms with Crippen LogP contribution in [-0.2, 0) is 9.59 Å². The summed E-state index contributed by atoms with van der Waals surface area (Å²) in [4.78, 5) is 25.4. The standard InChI is InChI=1S/C14H24N2O3/c1-14(13(18)19)6-8-16(9-7-14)12(17)10-2-4-11(15)5-3-10/h10-11H,2-9,15H2,1H3,(H,18,19). The van der Waals surface area contributed by atoms with Crippen LogP contribution in [0.5, 0.6) is 0 Å². The lowest BCUT2D eigenvalue weighted by Crippen LogP contribution is -2.47. The van der Waals surface area contributed by atoms with Gasteiger partial charge in [0.25, 0.3) is 0 Å². The quantitative estimate of drug-likeness (QED) is 0.788. The lowest BCUT2D eigenvalue weighted by molar-refractivity contribution is -0.154. The highest BCUT2D eigenvalue weighted by Gasteiger charge is 2.39. The maximum Gasteiger partial charge on any atom is 0.309 e. The summed E-state index contributed by atoms with van der Waals surface area (Å²) in [5.41, 5.74) is 5.19. The predicted octanol–water partition coefficient (Wildman–Crippen LogP) is 1.22. The molecule has 108 valence electrons. The molecule has 0 aromatic rings. The molecular weight excluding hydrogens is 244 g/mol. The van der Waals surface area contributed by atoms with Gasteiger partial charge in [-0.3, -0.25) is 9.59 Å². The first-order chi connectivity index (χ1) is 8.92. The Bertz CT molecular complexity index is 354. The summed E-state index contributed by atoms with van der Waals surface area (Å²) in [5.74, 6) is -0.434. The number of likely N-dealkylation sites (tertiary alicyclic amines) is 1. The van der Waals surface area contributed by atoms with E-state index in [4.69, 9.17) is 5.73 Å². The molecule has 2 aliphatic rings. The van der Waals surface area contributed by atoms with Crippen molar-refractivity contribution in [2.24, 2.45) is 17.1 Å². The summed E-state index contributed by atoms with van der Waals surface area (Å²) in [5, 5.41) is 9.18. The Balaban J connectivity index is 1.87. The van der Waals surface area contributed by atoms with Crippen LogP contribution in [0.25, 0.3) is 0 Å². The largest absolute Gasteiger partial charge is 0.481 e. The highest BCUT2D eigenvalue weighted by molar-refractivity contribution is 5.80. The maximum atomic E-state index is 12.4. The molecule has 1 aliphatic carbocycles. The molecule has 1 saturated carbocycles. The Morgan fingerprint density at radius 2 is 1.68 bits per heavy atom. The number of piperidine rings is 1. The van der Waals surface area contributed by atoms with Crippen molar-refractivity contribution in [3.63, 3.8) is 0 Å². The van der Waals surface area contributed by atoms with Crippen molar-refractivity contribution in [2.75, 3.05) is 13.1 Å². The Morgan fingerprint density at radius 3 is 2.16 bits per heavy atom. The first kappa shape index (κ1) is 14.3. The molecular formula is C14H24N2O3. The SMILES string of the molecule is CC1(C(=O)O)CCN(C(=O)C2CCC(N)CC2)CC1. The van der Waals surface area contributed by atoms with E-state index in [2.05, 4.69) is 0 Å². The van der Waals surface area contributed by atoms with Gasteiger partial charge in [-0.15, -0.1) is 0 Å². The lowest BCUT2D eigenvalue weighted by atomic mass is 9.79. The van der Waals surface area contributed by atoms with Crippen LogP contribution < -0.4 is 5.73 Å². The molecule has 2 rings (SSSR count). The number of carbonyl (C=O) groups excluding carboxylic acids is 1. The minimum absolute atomic E-state index is 0.106. The molecule has 1 saturated heterocycles. The number of nitrogens with zero attached hydrogens (tertiary/aromatic N) is 1. The monoisotopic (exact) mass is 268 g/mol. The summed E-state index contributed by atoms with van der Waals surface area (Å²) in [7, 11) is 0. The molecule has 0 aromatic carbocycles. The number of nitrogens with two attached hydrogens (primary N) is 1. The van der Waals surface area contributed by atoms with Crippen molar-refractivity contribution < 1.29 is 14.7 Å². The number of hydrogen-bond donors (Lipinski definition) is 2. The van der Waals surface area contributed by atoms with E-state index < -0.39 is 11.4 Å². The van der Waals surface area contributed by atoms with Crippen LogP contribution in [0.1, 0.15) is 45.4 Å². The minimum Gasteiger partial charge on any atom is -0.481 e. The van der Waals surface area contributed by atoms with Crippen LogP contribution in [0.15, 0.2) is 0 Å². The molecule has 5 heteroatoms. The first-order valence-electron chi connectivity index (χ1n) is 7.20. The lowest BCUT2D eigenvalue weighted by Gasteiger charge is -2.38. The van der Waals surface area contributed by atoms with Gasteiger partial charge < -0.3 is 15.7 Å².